The Hall–Kier alpha value is -2.52. The van der Waals surface area contributed by atoms with Gasteiger partial charge in [0.1, 0.15) is 5.69 Å². The van der Waals surface area contributed by atoms with E-state index in [-0.39, 0.29) is 16.9 Å². The Morgan fingerprint density at radius 2 is 1.74 bits per heavy atom. The number of aryl methyl sites for hydroxylation is 1. The number of alkyl halides is 3. The van der Waals surface area contributed by atoms with E-state index in [2.05, 4.69) is 5.16 Å². The predicted octanol–water partition coefficient (Wildman–Crippen LogP) is 5.23. The lowest BCUT2D eigenvalue weighted by Crippen LogP contribution is -2.30. The van der Waals surface area contributed by atoms with E-state index in [1.165, 1.54) is 24.3 Å². The Morgan fingerprint density at radius 1 is 1.07 bits per heavy atom. The lowest BCUT2D eigenvalue weighted by Gasteiger charge is -2.13. The molecule has 0 aliphatic heterocycles. The maximum Gasteiger partial charge on any atom is 0.516 e. The predicted molar refractivity (Wildman–Crippen MR) is 95.7 cm³/mol. The van der Waals surface area contributed by atoms with Crippen LogP contribution in [0.1, 0.15) is 5.56 Å². The number of sulfonamides is 1. The lowest BCUT2D eigenvalue weighted by molar-refractivity contribution is -0.0429. The molecule has 0 bridgehead atoms. The van der Waals surface area contributed by atoms with Crippen LogP contribution in [0.2, 0.25) is 5.02 Å². The molecule has 5 nitrogen and oxygen atoms in total. The molecule has 1 N–H and O–H groups in total. The number of nitrogens with one attached hydrogen (secondary N) is 1. The summed E-state index contributed by atoms with van der Waals surface area (Å²) in [7, 11) is -5.57. The maximum absolute atomic E-state index is 12.7. The minimum Gasteiger partial charge on any atom is -0.356 e. The summed E-state index contributed by atoms with van der Waals surface area (Å²) >= 11 is 5.83. The molecule has 0 aliphatic rings. The van der Waals surface area contributed by atoms with Gasteiger partial charge in [0.05, 0.1) is 5.69 Å². The molecule has 0 unspecified atom stereocenters. The fraction of sp³-hybridized carbons (Fsp3) is 0.118. The number of anilines is 1. The summed E-state index contributed by atoms with van der Waals surface area (Å²) in [6.07, 6.45) is 0. The zero-order valence-electron chi connectivity index (χ0n) is 13.7. The smallest absolute Gasteiger partial charge is 0.356 e. The molecule has 0 aliphatic carbocycles. The van der Waals surface area contributed by atoms with E-state index in [1.54, 1.807) is 35.9 Å². The van der Waals surface area contributed by atoms with Crippen LogP contribution in [-0.4, -0.2) is 19.1 Å². The molecule has 2 aromatic carbocycles. The fourth-order valence-corrected chi connectivity index (χ4v) is 3.02. The summed E-state index contributed by atoms with van der Waals surface area (Å²) in [5.74, 6) is 0.354. The fourth-order valence-electron chi connectivity index (χ4n) is 2.31. The van der Waals surface area contributed by atoms with Crippen LogP contribution in [0.3, 0.4) is 0 Å². The van der Waals surface area contributed by atoms with Crippen LogP contribution in [-0.2, 0) is 10.0 Å². The van der Waals surface area contributed by atoms with Crippen LogP contribution in [0.4, 0.5) is 18.9 Å². The molecule has 0 saturated heterocycles. The first-order chi connectivity index (χ1) is 12.6. The van der Waals surface area contributed by atoms with Gasteiger partial charge in [0, 0.05) is 22.2 Å². The van der Waals surface area contributed by atoms with Gasteiger partial charge in [-0.25, -0.2) is 0 Å². The van der Waals surface area contributed by atoms with E-state index in [0.29, 0.717) is 21.9 Å². The molecule has 1 aromatic heterocycles. The van der Waals surface area contributed by atoms with Gasteiger partial charge in [-0.2, -0.15) is 21.6 Å². The van der Waals surface area contributed by atoms with E-state index >= 15 is 0 Å². The highest BCUT2D eigenvalue weighted by Crippen LogP contribution is 2.34. The van der Waals surface area contributed by atoms with Crippen LogP contribution < -0.4 is 4.72 Å². The van der Waals surface area contributed by atoms with Crippen molar-refractivity contribution in [2.75, 3.05) is 4.72 Å². The van der Waals surface area contributed by atoms with Crippen molar-refractivity contribution in [3.8, 4) is 22.6 Å². The Balaban J connectivity index is 2.02. The minimum absolute atomic E-state index is 0.159. The normalized spacial score (nSPS) is 12.2. The third kappa shape index (κ3) is 4.09. The summed E-state index contributed by atoms with van der Waals surface area (Å²) in [4.78, 5) is 0. The van der Waals surface area contributed by atoms with Crippen LogP contribution in [0.15, 0.2) is 53.1 Å². The highest BCUT2D eigenvalue weighted by atomic mass is 35.5. The van der Waals surface area contributed by atoms with E-state index < -0.39 is 15.5 Å². The number of hydrogen-bond acceptors (Lipinski definition) is 4. The van der Waals surface area contributed by atoms with E-state index in [4.69, 9.17) is 16.1 Å². The number of rotatable bonds is 4. The average molecular weight is 417 g/mol. The summed E-state index contributed by atoms with van der Waals surface area (Å²) in [5, 5.41) is 4.38. The van der Waals surface area contributed by atoms with Crippen molar-refractivity contribution >= 4 is 27.3 Å². The van der Waals surface area contributed by atoms with Crippen LogP contribution in [0.5, 0.6) is 0 Å². The van der Waals surface area contributed by atoms with Crippen molar-refractivity contribution in [2.45, 2.75) is 12.4 Å². The molecule has 3 rings (SSSR count). The zero-order valence-corrected chi connectivity index (χ0v) is 15.3. The molecule has 10 heteroatoms. The van der Waals surface area contributed by atoms with Gasteiger partial charge in [-0.1, -0.05) is 28.4 Å². The third-order valence-electron chi connectivity index (χ3n) is 3.64. The highest BCUT2D eigenvalue weighted by Gasteiger charge is 2.46. The van der Waals surface area contributed by atoms with Gasteiger partial charge in [0.25, 0.3) is 0 Å². The topological polar surface area (TPSA) is 72.2 Å². The average Bonchev–Trinajstić information content (AvgIpc) is 3.06. The van der Waals surface area contributed by atoms with E-state index in [0.717, 1.165) is 0 Å². The molecule has 0 atom stereocenters. The molecule has 0 amide bonds. The number of nitrogens with zero attached hydrogens (tertiary/aromatic N) is 1. The number of halogens is 4. The summed E-state index contributed by atoms with van der Waals surface area (Å²) in [5.41, 5.74) is -3.99. The molecule has 142 valence electrons. The second-order valence-electron chi connectivity index (χ2n) is 5.68. The number of benzene rings is 2. The van der Waals surface area contributed by atoms with Crippen molar-refractivity contribution in [1.29, 1.82) is 0 Å². The van der Waals surface area contributed by atoms with Gasteiger partial charge >= 0.3 is 15.5 Å². The van der Waals surface area contributed by atoms with Crippen LogP contribution >= 0.6 is 11.6 Å². The third-order valence-corrected chi connectivity index (χ3v) is 4.99. The van der Waals surface area contributed by atoms with Gasteiger partial charge in [0.2, 0.25) is 0 Å². The molecule has 0 saturated carbocycles. The maximum atomic E-state index is 12.7. The molecule has 0 radical (unpaired) electrons. The molecule has 27 heavy (non-hydrogen) atoms. The van der Waals surface area contributed by atoms with Crippen molar-refractivity contribution in [1.82, 2.24) is 5.16 Å². The summed E-state index contributed by atoms with van der Waals surface area (Å²) in [6.45, 7) is 1.71. The van der Waals surface area contributed by atoms with E-state index in [9.17, 15) is 21.6 Å². The minimum atomic E-state index is -5.57. The van der Waals surface area contributed by atoms with Gasteiger partial charge in [-0.3, -0.25) is 4.72 Å². The Kier molecular flexibility index (Phi) is 4.92. The number of aromatic nitrogens is 1. The largest absolute Gasteiger partial charge is 0.516 e. The molecule has 3 aromatic rings. The van der Waals surface area contributed by atoms with Gasteiger partial charge < -0.3 is 4.52 Å². The Labute approximate surface area is 157 Å². The van der Waals surface area contributed by atoms with Gasteiger partial charge in [-0.05, 0) is 43.3 Å². The standard InChI is InChI=1S/C17H12ClF3N2O3S/c1-10-2-7-14(23-27(24,25)17(19,20)21)13(8-10)15-9-16(26-22-15)11-3-5-12(18)6-4-11/h2-9,23H,1H3. The molecule has 1 heterocycles. The SMILES string of the molecule is Cc1ccc(NS(=O)(=O)C(F)(F)F)c(-c2cc(-c3ccc(Cl)cc3)on2)c1. The van der Waals surface area contributed by atoms with Crippen molar-refractivity contribution in [3.05, 3.63) is 59.1 Å². The van der Waals surface area contributed by atoms with Crippen LogP contribution in [0.25, 0.3) is 22.6 Å². The molecular weight excluding hydrogens is 405 g/mol. The molecule has 0 fully saturated rings. The van der Waals surface area contributed by atoms with Crippen molar-refractivity contribution in [2.24, 2.45) is 0 Å². The van der Waals surface area contributed by atoms with E-state index in [1.807, 2.05) is 0 Å². The second-order valence-corrected chi connectivity index (χ2v) is 7.79. The van der Waals surface area contributed by atoms with Crippen molar-refractivity contribution in [3.63, 3.8) is 0 Å². The van der Waals surface area contributed by atoms with Gasteiger partial charge in [0.15, 0.2) is 5.76 Å². The second kappa shape index (κ2) is 6.90. The Bertz CT molecular complexity index is 1080. The first-order valence-corrected chi connectivity index (χ1v) is 9.36. The Morgan fingerprint density at radius 3 is 2.37 bits per heavy atom. The molecular formula is C17H12ClF3N2O3S. The van der Waals surface area contributed by atoms with Crippen molar-refractivity contribution < 1.29 is 26.1 Å². The molecule has 0 spiro atoms. The quantitative estimate of drug-likeness (QED) is 0.632. The van der Waals surface area contributed by atoms with Crippen LogP contribution in [0, 0.1) is 6.92 Å². The number of hydrogen-bond donors (Lipinski definition) is 1. The summed E-state index contributed by atoms with van der Waals surface area (Å²) < 4.78 is 67.8. The summed E-state index contributed by atoms with van der Waals surface area (Å²) in [6, 6.07) is 12.4. The highest BCUT2D eigenvalue weighted by molar-refractivity contribution is 7.93. The first kappa shape index (κ1) is 19.2. The monoisotopic (exact) mass is 416 g/mol. The lowest BCUT2D eigenvalue weighted by atomic mass is 10.1. The van der Waals surface area contributed by atoms with Gasteiger partial charge in [-0.15, -0.1) is 0 Å². The first-order valence-electron chi connectivity index (χ1n) is 7.49. The zero-order chi connectivity index (χ0) is 19.8.